The summed E-state index contributed by atoms with van der Waals surface area (Å²) in [5, 5.41) is 12.1. The highest BCUT2D eigenvalue weighted by Gasteiger charge is 2.35. The first kappa shape index (κ1) is 15.0. The molecule has 0 unspecified atom stereocenters. The molecule has 0 heterocycles. The number of nitriles is 1. The standard InChI is InChI=1S/C16H22FN3/c1-20(2)16(7-3-4-8-16)12-19-11-14-6-5-13(10-18)9-15(14)17/h5-6,9,19H,3-4,7-8,11-12H2,1-2H3. The van der Waals surface area contributed by atoms with Crippen molar-refractivity contribution < 1.29 is 4.39 Å². The third-order valence-corrected chi connectivity index (χ3v) is 4.43. The van der Waals surface area contributed by atoms with Gasteiger partial charge in [0.25, 0.3) is 0 Å². The summed E-state index contributed by atoms with van der Waals surface area (Å²) < 4.78 is 13.8. The van der Waals surface area contributed by atoms with Gasteiger partial charge in [0, 0.05) is 24.2 Å². The van der Waals surface area contributed by atoms with Crippen LogP contribution in [0.4, 0.5) is 4.39 Å². The lowest BCUT2D eigenvalue weighted by atomic mass is 9.96. The lowest BCUT2D eigenvalue weighted by Gasteiger charge is -2.36. The van der Waals surface area contributed by atoms with E-state index < -0.39 is 0 Å². The number of rotatable bonds is 5. The van der Waals surface area contributed by atoms with E-state index in [1.807, 2.05) is 6.07 Å². The van der Waals surface area contributed by atoms with Crippen LogP contribution in [0.3, 0.4) is 0 Å². The van der Waals surface area contributed by atoms with Gasteiger partial charge in [0.05, 0.1) is 11.6 Å². The molecule has 2 rings (SSSR count). The third kappa shape index (κ3) is 3.17. The molecule has 0 saturated heterocycles. The summed E-state index contributed by atoms with van der Waals surface area (Å²) in [5.74, 6) is -0.304. The van der Waals surface area contributed by atoms with Gasteiger partial charge >= 0.3 is 0 Å². The van der Waals surface area contributed by atoms with Crippen LogP contribution in [0.25, 0.3) is 0 Å². The summed E-state index contributed by atoms with van der Waals surface area (Å²) >= 11 is 0. The second kappa shape index (κ2) is 6.34. The predicted octanol–water partition coefficient (Wildman–Crippen LogP) is 2.66. The van der Waals surface area contributed by atoms with Crippen LogP contribution >= 0.6 is 0 Å². The second-order valence-electron chi connectivity index (χ2n) is 5.85. The second-order valence-corrected chi connectivity index (χ2v) is 5.85. The molecule has 1 aliphatic rings. The van der Waals surface area contributed by atoms with Crippen LogP contribution in [-0.2, 0) is 6.54 Å². The van der Waals surface area contributed by atoms with Gasteiger partial charge in [-0.2, -0.15) is 5.26 Å². The van der Waals surface area contributed by atoms with Gasteiger partial charge in [-0.3, -0.25) is 0 Å². The third-order valence-electron chi connectivity index (χ3n) is 4.43. The largest absolute Gasteiger partial charge is 0.311 e. The first-order valence-corrected chi connectivity index (χ1v) is 7.14. The van der Waals surface area contributed by atoms with Crippen LogP contribution in [0, 0.1) is 17.1 Å². The highest BCUT2D eigenvalue weighted by atomic mass is 19.1. The van der Waals surface area contributed by atoms with Gasteiger partial charge in [-0.05, 0) is 39.1 Å². The van der Waals surface area contributed by atoms with Crippen molar-refractivity contribution in [2.24, 2.45) is 0 Å². The zero-order chi connectivity index (χ0) is 14.6. The van der Waals surface area contributed by atoms with Crippen molar-refractivity contribution in [3.63, 3.8) is 0 Å². The summed E-state index contributed by atoms with van der Waals surface area (Å²) in [6.45, 7) is 1.38. The van der Waals surface area contributed by atoms with Gasteiger partial charge < -0.3 is 10.2 Å². The van der Waals surface area contributed by atoms with Gasteiger partial charge in [-0.1, -0.05) is 18.9 Å². The maximum absolute atomic E-state index is 13.8. The van der Waals surface area contributed by atoms with E-state index in [1.54, 1.807) is 12.1 Å². The van der Waals surface area contributed by atoms with E-state index in [1.165, 1.54) is 31.7 Å². The number of likely N-dealkylation sites (N-methyl/N-ethyl adjacent to an activating group) is 1. The summed E-state index contributed by atoms with van der Waals surface area (Å²) in [4.78, 5) is 2.29. The molecular weight excluding hydrogens is 253 g/mol. The van der Waals surface area contributed by atoms with Gasteiger partial charge in [-0.15, -0.1) is 0 Å². The normalized spacial score (nSPS) is 17.4. The quantitative estimate of drug-likeness (QED) is 0.898. The first-order chi connectivity index (χ1) is 9.57. The lowest BCUT2D eigenvalue weighted by Crippen LogP contribution is -2.49. The van der Waals surface area contributed by atoms with E-state index in [9.17, 15) is 4.39 Å². The van der Waals surface area contributed by atoms with Crippen LogP contribution < -0.4 is 5.32 Å². The summed E-state index contributed by atoms with van der Waals surface area (Å²) in [6, 6.07) is 6.61. The summed E-state index contributed by atoms with van der Waals surface area (Å²) in [6.07, 6.45) is 4.93. The molecule has 0 spiro atoms. The molecule has 3 nitrogen and oxygen atoms in total. The van der Waals surface area contributed by atoms with Crippen LogP contribution in [0.5, 0.6) is 0 Å². The minimum Gasteiger partial charge on any atom is -0.311 e. The van der Waals surface area contributed by atoms with E-state index in [0.29, 0.717) is 17.7 Å². The molecule has 1 aromatic carbocycles. The van der Waals surface area contributed by atoms with Crippen LogP contribution in [0.15, 0.2) is 18.2 Å². The van der Waals surface area contributed by atoms with Crippen molar-refractivity contribution in [3.05, 3.63) is 35.1 Å². The highest BCUT2D eigenvalue weighted by molar-refractivity contribution is 5.32. The molecule has 0 aromatic heterocycles. The van der Waals surface area contributed by atoms with E-state index >= 15 is 0 Å². The first-order valence-electron chi connectivity index (χ1n) is 7.14. The fourth-order valence-corrected chi connectivity index (χ4v) is 3.01. The Kier molecular flexibility index (Phi) is 4.74. The summed E-state index contributed by atoms with van der Waals surface area (Å²) in [5.41, 5.74) is 1.20. The van der Waals surface area contributed by atoms with Crippen LogP contribution in [-0.4, -0.2) is 31.1 Å². The molecule has 0 radical (unpaired) electrons. The fourth-order valence-electron chi connectivity index (χ4n) is 3.01. The molecule has 20 heavy (non-hydrogen) atoms. The number of halogens is 1. The van der Waals surface area contributed by atoms with Crippen molar-refractivity contribution in [2.45, 2.75) is 37.8 Å². The van der Waals surface area contributed by atoms with Crippen molar-refractivity contribution in [1.29, 1.82) is 5.26 Å². The molecule has 1 aromatic rings. The van der Waals surface area contributed by atoms with Crippen molar-refractivity contribution >= 4 is 0 Å². The fraction of sp³-hybridized carbons (Fsp3) is 0.562. The predicted molar refractivity (Wildman–Crippen MR) is 77.7 cm³/mol. The number of hydrogen-bond acceptors (Lipinski definition) is 3. The molecule has 0 aliphatic heterocycles. The van der Waals surface area contributed by atoms with Crippen molar-refractivity contribution in [3.8, 4) is 6.07 Å². The average Bonchev–Trinajstić information content (AvgIpc) is 2.90. The molecule has 1 fully saturated rings. The SMILES string of the molecule is CN(C)C1(CNCc2ccc(C#N)cc2F)CCCC1. The van der Waals surface area contributed by atoms with E-state index in [2.05, 4.69) is 24.3 Å². The van der Waals surface area contributed by atoms with Gasteiger partial charge in [0.1, 0.15) is 5.82 Å². The van der Waals surface area contributed by atoms with Crippen molar-refractivity contribution in [1.82, 2.24) is 10.2 Å². The molecule has 1 aliphatic carbocycles. The zero-order valence-corrected chi connectivity index (χ0v) is 12.2. The zero-order valence-electron chi connectivity index (χ0n) is 12.2. The monoisotopic (exact) mass is 275 g/mol. The maximum atomic E-state index is 13.8. The molecule has 108 valence electrons. The Labute approximate surface area is 120 Å². The Bertz CT molecular complexity index is 499. The molecule has 1 N–H and O–H groups in total. The molecule has 0 amide bonds. The topological polar surface area (TPSA) is 39.1 Å². The van der Waals surface area contributed by atoms with E-state index in [0.717, 1.165) is 6.54 Å². The smallest absolute Gasteiger partial charge is 0.129 e. The lowest BCUT2D eigenvalue weighted by molar-refractivity contribution is 0.153. The Morgan fingerprint density at radius 1 is 1.35 bits per heavy atom. The molecular formula is C16H22FN3. The van der Waals surface area contributed by atoms with E-state index in [-0.39, 0.29) is 11.4 Å². The number of benzene rings is 1. The number of nitrogens with one attached hydrogen (secondary N) is 1. The Morgan fingerprint density at radius 2 is 2.05 bits per heavy atom. The Hall–Kier alpha value is -1.44. The molecule has 0 bridgehead atoms. The van der Waals surface area contributed by atoms with Gasteiger partial charge in [0.15, 0.2) is 0 Å². The minimum absolute atomic E-state index is 0.211. The molecule has 1 saturated carbocycles. The number of hydrogen-bond donors (Lipinski definition) is 1. The molecule has 4 heteroatoms. The highest BCUT2D eigenvalue weighted by Crippen LogP contribution is 2.33. The Morgan fingerprint density at radius 3 is 2.60 bits per heavy atom. The summed E-state index contributed by atoms with van der Waals surface area (Å²) in [7, 11) is 4.24. The minimum atomic E-state index is -0.304. The van der Waals surface area contributed by atoms with Crippen LogP contribution in [0.2, 0.25) is 0 Å². The Balaban J connectivity index is 1.94. The van der Waals surface area contributed by atoms with Gasteiger partial charge in [0.2, 0.25) is 0 Å². The van der Waals surface area contributed by atoms with Gasteiger partial charge in [-0.25, -0.2) is 4.39 Å². The van der Waals surface area contributed by atoms with Crippen LogP contribution in [0.1, 0.15) is 36.8 Å². The van der Waals surface area contributed by atoms with E-state index in [4.69, 9.17) is 5.26 Å². The van der Waals surface area contributed by atoms with Crippen molar-refractivity contribution in [2.75, 3.05) is 20.6 Å². The average molecular weight is 275 g/mol. The molecule has 0 atom stereocenters. The number of nitrogens with zero attached hydrogens (tertiary/aromatic N) is 2. The maximum Gasteiger partial charge on any atom is 0.129 e.